The molecular weight excluding hydrogens is 250 g/mol. The topological polar surface area (TPSA) is 57.8 Å². The van der Waals surface area contributed by atoms with E-state index in [-0.39, 0.29) is 5.91 Å². The van der Waals surface area contributed by atoms with Gasteiger partial charge in [-0.3, -0.25) is 9.89 Å². The minimum absolute atomic E-state index is 0.119. The van der Waals surface area contributed by atoms with Crippen LogP contribution < -0.4 is 5.32 Å². The van der Waals surface area contributed by atoms with Gasteiger partial charge in [-0.25, -0.2) is 0 Å². The third-order valence-corrected chi connectivity index (χ3v) is 3.06. The number of carbonyl (C=O) groups excluding carboxylic acids is 1. The van der Waals surface area contributed by atoms with Crippen molar-refractivity contribution in [2.75, 3.05) is 0 Å². The predicted octanol–water partition coefficient (Wildman–Crippen LogP) is 2.61. The monoisotopic (exact) mass is 263 g/mol. The molecule has 0 spiro atoms. The Morgan fingerprint density at radius 2 is 2.00 bits per heavy atom. The van der Waals surface area contributed by atoms with Crippen molar-refractivity contribution < 1.29 is 4.79 Å². The molecular formula is C13H14ClN3O. The highest BCUT2D eigenvalue weighted by Crippen LogP contribution is 2.11. The zero-order chi connectivity index (χ0) is 13.1. The minimum Gasteiger partial charge on any atom is -0.348 e. The summed E-state index contributed by atoms with van der Waals surface area (Å²) in [7, 11) is 0. The normalized spacial score (nSPS) is 10.4. The molecule has 94 valence electrons. The van der Waals surface area contributed by atoms with Crippen molar-refractivity contribution in [1.82, 2.24) is 15.5 Å². The SMILES string of the molecule is Cc1n[nH]c(C)c1CNC(=O)c1ccc(Cl)cc1. The molecule has 0 saturated heterocycles. The van der Waals surface area contributed by atoms with E-state index in [2.05, 4.69) is 15.5 Å². The van der Waals surface area contributed by atoms with E-state index in [0.29, 0.717) is 17.1 Å². The largest absolute Gasteiger partial charge is 0.348 e. The fourth-order valence-electron chi connectivity index (χ4n) is 1.71. The first-order valence-electron chi connectivity index (χ1n) is 5.62. The van der Waals surface area contributed by atoms with Gasteiger partial charge in [0.1, 0.15) is 0 Å². The van der Waals surface area contributed by atoms with Crippen molar-refractivity contribution in [1.29, 1.82) is 0 Å². The first-order valence-corrected chi connectivity index (χ1v) is 6.00. The maximum absolute atomic E-state index is 11.9. The summed E-state index contributed by atoms with van der Waals surface area (Å²) >= 11 is 5.77. The second-order valence-corrected chi connectivity index (χ2v) is 4.54. The van der Waals surface area contributed by atoms with Crippen molar-refractivity contribution >= 4 is 17.5 Å². The fourth-order valence-corrected chi connectivity index (χ4v) is 1.83. The van der Waals surface area contributed by atoms with Gasteiger partial charge in [0.25, 0.3) is 5.91 Å². The standard InChI is InChI=1S/C13H14ClN3O/c1-8-12(9(2)17-16-8)7-15-13(18)10-3-5-11(14)6-4-10/h3-6H,7H2,1-2H3,(H,15,18)(H,16,17). The molecule has 5 heteroatoms. The summed E-state index contributed by atoms with van der Waals surface area (Å²) in [6.07, 6.45) is 0. The van der Waals surface area contributed by atoms with Crippen molar-refractivity contribution in [2.45, 2.75) is 20.4 Å². The lowest BCUT2D eigenvalue weighted by atomic mass is 10.2. The number of halogens is 1. The van der Waals surface area contributed by atoms with E-state index in [0.717, 1.165) is 17.0 Å². The van der Waals surface area contributed by atoms with E-state index < -0.39 is 0 Å². The van der Waals surface area contributed by atoms with Crippen LogP contribution in [0.2, 0.25) is 5.02 Å². The zero-order valence-corrected chi connectivity index (χ0v) is 11.0. The van der Waals surface area contributed by atoms with Crippen LogP contribution in [0.3, 0.4) is 0 Å². The molecule has 0 atom stereocenters. The summed E-state index contributed by atoms with van der Waals surface area (Å²) in [5.41, 5.74) is 3.50. The van der Waals surface area contributed by atoms with Gasteiger partial charge in [-0.05, 0) is 38.1 Å². The molecule has 1 heterocycles. The lowest BCUT2D eigenvalue weighted by Gasteiger charge is -2.05. The number of rotatable bonds is 3. The Morgan fingerprint density at radius 1 is 1.33 bits per heavy atom. The Kier molecular flexibility index (Phi) is 3.67. The molecule has 18 heavy (non-hydrogen) atoms. The Hall–Kier alpha value is -1.81. The Balaban J connectivity index is 2.03. The molecule has 2 rings (SSSR count). The van der Waals surface area contributed by atoms with Crippen LogP contribution in [-0.4, -0.2) is 16.1 Å². The molecule has 2 aromatic rings. The first-order chi connectivity index (χ1) is 8.58. The average molecular weight is 264 g/mol. The van der Waals surface area contributed by atoms with Crippen molar-refractivity contribution in [3.63, 3.8) is 0 Å². The van der Waals surface area contributed by atoms with Crippen molar-refractivity contribution in [3.05, 3.63) is 51.8 Å². The van der Waals surface area contributed by atoms with Crippen molar-refractivity contribution in [2.24, 2.45) is 0 Å². The van der Waals surface area contributed by atoms with Gasteiger partial charge in [0, 0.05) is 28.4 Å². The van der Waals surface area contributed by atoms with Gasteiger partial charge in [0.2, 0.25) is 0 Å². The minimum atomic E-state index is -0.119. The molecule has 0 unspecified atom stereocenters. The Bertz CT molecular complexity index is 541. The number of carbonyl (C=O) groups is 1. The maximum atomic E-state index is 11.9. The molecule has 0 aliphatic heterocycles. The first kappa shape index (κ1) is 12.6. The molecule has 0 radical (unpaired) electrons. The summed E-state index contributed by atoms with van der Waals surface area (Å²) in [5.74, 6) is -0.119. The quantitative estimate of drug-likeness (QED) is 0.894. The molecule has 2 N–H and O–H groups in total. The number of hydrogen-bond donors (Lipinski definition) is 2. The summed E-state index contributed by atoms with van der Waals surface area (Å²) in [6.45, 7) is 4.31. The lowest BCUT2D eigenvalue weighted by molar-refractivity contribution is 0.0951. The molecule has 1 amide bonds. The van der Waals surface area contributed by atoms with Crippen LogP contribution in [0.25, 0.3) is 0 Å². The molecule has 1 aromatic carbocycles. The highest BCUT2D eigenvalue weighted by atomic mass is 35.5. The molecule has 0 saturated carbocycles. The molecule has 0 bridgehead atoms. The van der Waals surface area contributed by atoms with E-state index in [9.17, 15) is 4.79 Å². The van der Waals surface area contributed by atoms with E-state index >= 15 is 0 Å². The molecule has 0 aliphatic carbocycles. The van der Waals surface area contributed by atoms with Crippen LogP contribution in [0.1, 0.15) is 27.3 Å². The van der Waals surface area contributed by atoms with Crippen LogP contribution in [0.4, 0.5) is 0 Å². The number of aryl methyl sites for hydroxylation is 2. The van der Waals surface area contributed by atoms with Gasteiger partial charge in [-0.2, -0.15) is 5.10 Å². The second-order valence-electron chi connectivity index (χ2n) is 4.10. The molecule has 4 nitrogen and oxygen atoms in total. The molecule has 1 aromatic heterocycles. The van der Waals surface area contributed by atoms with E-state index in [1.54, 1.807) is 24.3 Å². The second kappa shape index (κ2) is 5.23. The van der Waals surface area contributed by atoms with Gasteiger partial charge in [-0.15, -0.1) is 0 Å². The van der Waals surface area contributed by atoms with Gasteiger partial charge < -0.3 is 5.32 Å². The third kappa shape index (κ3) is 2.71. The third-order valence-electron chi connectivity index (χ3n) is 2.81. The fraction of sp³-hybridized carbons (Fsp3) is 0.231. The number of amides is 1. The molecule has 0 fully saturated rings. The van der Waals surface area contributed by atoms with Gasteiger partial charge in [0.05, 0.1) is 5.69 Å². The smallest absolute Gasteiger partial charge is 0.251 e. The van der Waals surface area contributed by atoms with E-state index in [4.69, 9.17) is 11.6 Å². The van der Waals surface area contributed by atoms with Crippen LogP contribution in [0.15, 0.2) is 24.3 Å². The lowest BCUT2D eigenvalue weighted by Crippen LogP contribution is -2.23. The van der Waals surface area contributed by atoms with Gasteiger partial charge in [0.15, 0.2) is 0 Å². The zero-order valence-electron chi connectivity index (χ0n) is 10.2. The Labute approximate surface area is 110 Å². The maximum Gasteiger partial charge on any atom is 0.251 e. The highest BCUT2D eigenvalue weighted by Gasteiger charge is 2.09. The predicted molar refractivity (Wildman–Crippen MR) is 70.7 cm³/mol. The summed E-state index contributed by atoms with van der Waals surface area (Å²) in [6, 6.07) is 6.80. The van der Waals surface area contributed by atoms with E-state index in [1.165, 1.54) is 0 Å². The van der Waals surface area contributed by atoms with Crippen LogP contribution in [0, 0.1) is 13.8 Å². The number of hydrogen-bond acceptors (Lipinski definition) is 2. The number of H-pyrrole nitrogens is 1. The number of aromatic amines is 1. The van der Waals surface area contributed by atoms with E-state index in [1.807, 2.05) is 13.8 Å². The number of benzene rings is 1. The molecule has 0 aliphatic rings. The van der Waals surface area contributed by atoms with Crippen LogP contribution in [0.5, 0.6) is 0 Å². The number of aromatic nitrogens is 2. The summed E-state index contributed by atoms with van der Waals surface area (Å²) in [4.78, 5) is 11.9. The van der Waals surface area contributed by atoms with Gasteiger partial charge in [-0.1, -0.05) is 11.6 Å². The summed E-state index contributed by atoms with van der Waals surface area (Å²) in [5, 5.41) is 10.5. The highest BCUT2D eigenvalue weighted by molar-refractivity contribution is 6.30. The Morgan fingerprint density at radius 3 is 2.56 bits per heavy atom. The summed E-state index contributed by atoms with van der Waals surface area (Å²) < 4.78 is 0. The van der Waals surface area contributed by atoms with Crippen LogP contribution in [-0.2, 0) is 6.54 Å². The van der Waals surface area contributed by atoms with Gasteiger partial charge >= 0.3 is 0 Å². The number of nitrogens with zero attached hydrogens (tertiary/aromatic N) is 1. The number of nitrogens with one attached hydrogen (secondary N) is 2. The van der Waals surface area contributed by atoms with Crippen LogP contribution >= 0.6 is 11.6 Å². The average Bonchev–Trinajstić information content (AvgIpc) is 2.67. The van der Waals surface area contributed by atoms with Crippen molar-refractivity contribution in [3.8, 4) is 0 Å².